The Hall–Kier alpha value is -0.440. The Bertz CT molecular complexity index is 269. The molecule has 1 atom stereocenters. The first-order chi connectivity index (χ1) is 6.15. The van der Waals surface area contributed by atoms with Crippen molar-refractivity contribution in [3.63, 3.8) is 0 Å². The van der Waals surface area contributed by atoms with Gasteiger partial charge in [-0.1, -0.05) is 23.7 Å². The minimum absolute atomic E-state index is 0. The van der Waals surface area contributed by atoms with Crippen LogP contribution in [-0.2, 0) is 0 Å². The fourth-order valence-electron chi connectivity index (χ4n) is 1.12. The molecule has 1 aromatic carbocycles. The number of aryl methyl sites for hydroxylation is 1. The molecular weight excluding hydrogens is 219 g/mol. The summed E-state index contributed by atoms with van der Waals surface area (Å²) in [5, 5.41) is 4.02. The molecule has 0 amide bonds. The Labute approximate surface area is 96.2 Å². The summed E-state index contributed by atoms with van der Waals surface area (Å²) >= 11 is 6.03. The summed E-state index contributed by atoms with van der Waals surface area (Å²) in [6.45, 7) is 4.66. The Kier molecular flexibility index (Phi) is 5.93. The van der Waals surface area contributed by atoms with E-state index in [9.17, 15) is 0 Å². The van der Waals surface area contributed by atoms with Gasteiger partial charge in [-0.2, -0.15) is 0 Å². The maximum Gasteiger partial charge on any atom is 0.0640 e. The molecule has 0 aliphatic carbocycles. The van der Waals surface area contributed by atoms with E-state index in [0.29, 0.717) is 6.54 Å². The van der Waals surface area contributed by atoms with E-state index in [1.54, 1.807) is 0 Å². The Morgan fingerprint density at radius 3 is 2.64 bits per heavy atom. The topological polar surface area (TPSA) is 38.0 Å². The van der Waals surface area contributed by atoms with Crippen LogP contribution in [0.1, 0.15) is 12.5 Å². The van der Waals surface area contributed by atoms with E-state index in [1.807, 2.05) is 32.0 Å². The van der Waals surface area contributed by atoms with Crippen molar-refractivity contribution in [2.75, 3.05) is 11.9 Å². The van der Waals surface area contributed by atoms with Crippen molar-refractivity contribution in [1.82, 2.24) is 0 Å². The lowest BCUT2D eigenvalue weighted by atomic mass is 10.2. The average Bonchev–Trinajstić information content (AvgIpc) is 2.11. The van der Waals surface area contributed by atoms with Crippen LogP contribution in [0.2, 0.25) is 5.02 Å². The molecule has 0 aliphatic heterocycles. The van der Waals surface area contributed by atoms with Crippen LogP contribution >= 0.6 is 24.0 Å². The van der Waals surface area contributed by atoms with Crippen LogP contribution in [-0.4, -0.2) is 12.6 Å². The SMILES string of the molecule is Cc1cccc(Cl)c1NC(C)CN.Cl. The van der Waals surface area contributed by atoms with Gasteiger partial charge in [0.2, 0.25) is 0 Å². The quantitative estimate of drug-likeness (QED) is 0.845. The molecule has 2 nitrogen and oxygen atoms in total. The van der Waals surface area contributed by atoms with Crippen molar-refractivity contribution in [3.05, 3.63) is 28.8 Å². The van der Waals surface area contributed by atoms with Gasteiger partial charge < -0.3 is 11.1 Å². The smallest absolute Gasteiger partial charge is 0.0640 e. The van der Waals surface area contributed by atoms with Crippen LogP contribution in [0.5, 0.6) is 0 Å². The van der Waals surface area contributed by atoms with Crippen molar-refractivity contribution >= 4 is 29.7 Å². The summed E-state index contributed by atoms with van der Waals surface area (Å²) in [5.74, 6) is 0. The summed E-state index contributed by atoms with van der Waals surface area (Å²) in [5.41, 5.74) is 7.65. The molecule has 0 saturated heterocycles. The molecule has 4 heteroatoms. The summed E-state index contributed by atoms with van der Waals surface area (Å²) in [4.78, 5) is 0. The molecule has 0 heterocycles. The Balaban J connectivity index is 0.00000169. The number of benzene rings is 1. The van der Waals surface area contributed by atoms with Gasteiger partial charge in [-0.05, 0) is 25.5 Å². The number of halogens is 2. The lowest BCUT2D eigenvalue weighted by molar-refractivity contribution is 0.803. The summed E-state index contributed by atoms with van der Waals surface area (Å²) in [7, 11) is 0. The monoisotopic (exact) mass is 234 g/mol. The number of hydrogen-bond acceptors (Lipinski definition) is 2. The lowest BCUT2D eigenvalue weighted by Crippen LogP contribution is -2.25. The van der Waals surface area contributed by atoms with E-state index in [2.05, 4.69) is 5.32 Å². The van der Waals surface area contributed by atoms with E-state index >= 15 is 0 Å². The largest absolute Gasteiger partial charge is 0.380 e. The number of nitrogens with two attached hydrogens (primary N) is 1. The molecule has 0 spiro atoms. The van der Waals surface area contributed by atoms with Gasteiger partial charge >= 0.3 is 0 Å². The average molecular weight is 235 g/mol. The molecule has 0 radical (unpaired) electrons. The molecule has 1 rings (SSSR count). The molecular formula is C10H16Cl2N2. The van der Waals surface area contributed by atoms with Crippen LogP contribution in [0.3, 0.4) is 0 Å². The van der Waals surface area contributed by atoms with Gasteiger partial charge in [0.05, 0.1) is 10.7 Å². The highest BCUT2D eigenvalue weighted by atomic mass is 35.5. The van der Waals surface area contributed by atoms with Crippen LogP contribution in [0, 0.1) is 6.92 Å². The van der Waals surface area contributed by atoms with Crippen LogP contribution in [0.25, 0.3) is 0 Å². The summed E-state index contributed by atoms with van der Waals surface area (Å²) in [6, 6.07) is 6.09. The highest BCUT2D eigenvalue weighted by Gasteiger charge is 2.05. The van der Waals surface area contributed by atoms with Gasteiger partial charge in [-0.15, -0.1) is 12.4 Å². The van der Waals surface area contributed by atoms with Gasteiger partial charge in [-0.3, -0.25) is 0 Å². The van der Waals surface area contributed by atoms with Gasteiger partial charge in [0.1, 0.15) is 0 Å². The second kappa shape index (κ2) is 6.12. The second-order valence-corrected chi connectivity index (χ2v) is 3.62. The van der Waals surface area contributed by atoms with Gasteiger partial charge in [0, 0.05) is 12.6 Å². The molecule has 0 saturated carbocycles. The third kappa shape index (κ3) is 3.37. The predicted molar refractivity (Wildman–Crippen MR) is 65.6 cm³/mol. The first-order valence-corrected chi connectivity index (χ1v) is 4.74. The molecule has 0 bridgehead atoms. The van der Waals surface area contributed by atoms with E-state index in [4.69, 9.17) is 17.3 Å². The Morgan fingerprint density at radius 2 is 2.14 bits per heavy atom. The molecule has 1 unspecified atom stereocenters. The molecule has 80 valence electrons. The van der Waals surface area contributed by atoms with Gasteiger partial charge in [0.25, 0.3) is 0 Å². The molecule has 0 aromatic heterocycles. The van der Waals surface area contributed by atoms with Crippen molar-refractivity contribution in [1.29, 1.82) is 0 Å². The highest BCUT2D eigenvalue weighted by Crippen LogP contribution is 2.25. The number of hydrogen-bond donors (Lipinski definition) is 2. The van der Waals surface area contributed by atoms with Crippen molar-refractivity contribution in [2.45, 2.75) is 19.9 Å². The maximum atomic E-state index is 6.03. The van der Waals surface area contributed by atoms with E-state index < -0.39 is 0 Å². The molecule has 0 aliphatic rings. The molecule has 1 aromatic rings. The van der Waals surface area contributed by atoms with Gasteiger partial charge in [0.15, 0.2) is 0 Å². The van der Waals surface area contributed by atoms with E-state index in [1.165, 1.54) is 0 Å². The molecule has 3 N–H and O–H groups in total. The van der Waals surface area contributed by atoms with E-state index in [0.717, 1.165) is 16.3 Å². The van der Waals surface area contributed by atoms with Crippen LogP contribution < -0.4 is 11.1 Å². The lowest BCUT2D eigenvalue weighted by Gasteiger charge is -2.16. The second-order valence-electron chi connectivity index (χ2n) is 3.21. The summed E-state index contributed by atoms with van der Waals surface area (Å²) < 4.78 is 0. The predicted octanol–water partition coefficient (Wildman–Crippen LogP) is 2.83. The zero-order valence-corrected chi connectivity index (χ0v) is 9.95. The number of rotatable bonds is 3. The Morgan fingerprint density at radius 1 is 1.50 bits per heavy atom. The third-order valence-corrected chi connectivity index (χ3v) is 2.28. The minimum atomic E-state index is 0. The van der Waals surface area contributed by atoms with Gasteiger partial charge in [-0.25, -0.2) is 0 Å². The fraction of sp³-hybridized carbons (Fsp3) is 0.400. The van der Waals surface area contributed by atoms with Crippen molar-refractivity contribution in [2.24, 2.45) is 5.73 Å². The first kappa shape index (κ1) is 13.6. The van der Waals surface area contributed by atoms with Crippen LogP contribution in [0.15, 0.2) is 18.2 Å². The van der Waals surface area contributed by atoms with Crippen molar-refractivity contribution < 1.29 is 0 Å². The number of nitrogens with one attached hydrogen (secondary N) is 1. The van der Waals surface area contributed by atoms with Crippen LogP contribution in [0.4, 0.5) is 5.69 Å². The standard InChI is InChI=1S/C10H15ClN2.ClH/c1-7-4-3-5-9(11)10(7)13-8(2)6-12;/h3-5,8,13H,6,12H2,1-2H3;1H. The van der Waals surface area contributed by atoms with Crippen molar-refractivity contribution in [3.8, 4) is 0 Å². The zero-order valence-electron chi connectivity index (χ0n) is 8.38. The highest BCUT2D eigenvalue weighted by molar-refractivity contribution is 6.33. The summed E-state index contributed by atoms with van der Waals surface area (Å²) in [6.07, 6.45) is 0. The zero-order chi connectivity index (χ0) is 9.84. The molecule has 0 fully saturated rings. The van der Waals surface area contributed by atoms with E-state index in [-0.39, 0.29) is 18.4 Å². The molecule has 14 heavy (non-hydrogen) atoms. The maximum absolute atomic E-state index is 6.03. The number of para-hydroxylation sites is 1. The first-order valence-electron chi connectivity index (χ1n) is 4.37. The third-order valence-electron chi connectivity index (χ3n) is 1.97. The number of anilines is 1. The normalized spacial score (nSPS) is 11.7. The fourth-order valence-corrected chi connectivity index (χ4v) is 1.40. The minimum Gasteiger partial charge on any atom is -0.380 e.